The van der Waals surface area contributed by atoms with Crippen LogP contribution < -0.4 is 10.1 Å². The van der Waals surface area contributed by atoms with E-state index in [-0.39, 0.29) is 5.91 Å². The van der Waals surface area contributed by atoms with E-state index in [9.17, 15) is 4.79 Å². The normalized spacial score (nSPS) is 12.0. The van der Waals surface area contributed by atoms with Crippen molar-refractivity contribution in [3.8, 4) is 5.75 Å². The zero-order valence-corrected chi connectivity index (χ0v) is 13.7. The first-order valence-electron chi connectivity index (χ1n) is 8.11. The molecule has 24 heavy (non-hydrogen) atoms. The van der Waals surface area contributed by atoms with Gasteiger partial charge in [-0.15, -0.1) is 0 Å². The van der Waals surface area contributed by atoms with Gasteiger partial charge in [-0.05, 0) is 36.2 Å². The molecule has 2 aromatic carbocycles. The van der Waals surface area contributed by atoms with Crippen LogP contribution >= 0.6 is 0 Å². The zero-order valence-electron chi connectivity index (χ0n) is 13.7. The summed E-state index contributed by atoms with van der Waals surface area (Å²) < 4.78 is 7.75. The molecule has 5 nitrogen and oxygen atoms in total. The number of nitrogens with one attached hydrogen (secondary N) is 1. The highest BCUT2D eigenvalue weighted by Crippen LogP contribution is 2.21. The maximum Gasteiger partial charge on any atom is 0.260 e. The SMILES string of the molecule is C[C@@H](Oc1ccc2ccccc2c1)C(=O)NCCCn1ccnc1. The van der Waals surface area contributed by atoms with E-state index >= 15 is 0 Å². The summed E-state index contributed by atoms with van der Waals surface area (Å²) in [6.07, 6.45) is 5.75. The molecular weight excluding hydrogens is 302 g/mol. The summed E-state index contributed by atoms with van der Waals surface area (Å²) >= 11 is 0. The summed E-state index contributed by atoms with van der Waals surface area (Å²) in [5, 5.41) is 5.16. The minimum absolute atomic E-state index is 0.103. The van der Waals surface area contributed by atoms with Gasteiger partial charge in [0.2, 0.25) is 0 Å². The van der Waals surface area contributed by atoms with Crippen molar-refractivity contribution >= 4 is 16.7 Å². The highest BCUT2D eigenvalue weighted by molar-refractivity contribution is 5.84. The average molecular weight is 323 g/mol. The molecule has 5 heteroatoms. The fraction of sp³-hybridized carbons (Fsp3) is 0.263. The fourth-order valence-corrected chi connectivity index (χ4v) is 2.53. The molecule has 0 saturated carbocycles. The Hall–Kier alpha value is -2.82. The maximum absolute atomic E-state index is 12.1. The number of nitrogens with zero attached hydrogens (tertiary/aromatic N) is 2. The number of imidazole rings is 1. The van der Waals surface area contributed by atoms with Crippen LogP contribution in [0.4, 0.5) is 0 Å². The Kier molecular flexibility index (Phi) is 5.11. The summed E-state index contributed by atoms with van der Waals surface area (Å²) in [5.41, 5.74) is 0. The van der Waals surface area contributed by atoms with Crippen LogP contribution in [0.5, 0.6) is 5.75 Å². The van der Waals surface area contributed by atoms with Crippen molar-refractivity contribution in [1.29, 1.82) is 0 Å². The van der Waals surface area contributed by atoms with Crippen molar-refractivity contribution in [3.63, 3.8) is 0 Å². The number of fused-ring (bicyclic) bond motifs is 1. The smallest absolute Gasteiger partial charge is 0.260 e. The molecule has 1 amide bonds. The van der Waals surface area contributed by atoms with Crippen molar-refractivity contribution in [1.82, 2.24) is 14.9 Å². The lowest BCUT2D eigenvalue weighted by Gasteiger charge is -2.15. The third-order valence-electron chi connectivity index (χ3n) is 3.85. The van der Waals surface area contributed by atoms with Crippen molar-refractivity contribution < 1.29 is 9.53 Å². The third-order valence-corrected chi connectivity index (χ3v) is 3.85. The van der Waals surface area contributed by atoms with Gasteiger partial charge in [0.05, 0.1) is 6.33 Å². The number of hydrogen-bond donors (Lipinski definition) is 1. The van der Waals surface area contributed by atoms with Crippen LogP contribution in [0.15, 0.2) is 61.2 Å². The largest absolute Gasteiger partial charge is 0.481 e. The Balaban J connectivity index is 1.47. The minimum atomic E-state index is -0.528. The van der Waals surface area contributed by atoms with E-state index < -0.39 is 6.10 Å². The van der Waals surface area contributed by atoms with Crippen LogP contribution in [0.2, 0.25) is 0 Å². The highest BCUT2D eigenvalue weighted by atomic mass is 16.5. The number of amides is 1. The van der Waals surface area contributed by atoms with E-state index in [1.54, 1.807) is 19.4 Å². The van der Waals surface area contributed by atoms with Gasteiger partial charge in [-0.2, -0.15) is 0 Å². The number of benzene rings is 2. The predicted octanol–water partition coefficient (Wildman–Crippen LogP) is 3.01. The lowest BCUT2D eigenvalue weighted by molar-refractivity contribution is -0.127. The third kappa shape index (κ3) is 4.13. The molecule has 3 aromatic rings. The van der Waals surface area contributed by atoms with Crippen molar-refractivity contribution in [3.05, 3.63) is 61.2 Å². The van der Waals surface area contributed by atoms with E-state index in [1.807, 2.05) is 47.2 Å². The van der Waals surface area contributed by atoms with E-state index in [1.165, 1.54) is 0 Å². The Labute approximate surface area is 141 Å². The first kappa shape index (κ1) is 16.1. The summed E-state index contributed by atoms with van der Waals surface area (Å²) in [4.78, 5) is 16.1. The van der Waals surface area contributed by atoms with Crippen LogP contribution in [0.1, 0.15) is 13.3 Å². The number of hydrogen-bond acceptors (Lipinski definition) is 3. The molecular formula is C19H21N3O2. The standard InChI is InChI=1S/C19H21N3O2/c1-15(19(23)21-9-4-11-22-12-10-20-14-22)24-18-8-7-16-5-2-3-6-17(16)13-18/h2-3,5-8,10,12-15H,4,9,11H2,1H3,(H,21,23)/t15-/m1/s1. The first-order valence-corrected chi connectivity index (χ1v) is 8.11. The second kappa shape index (κ2) is 7.64. The number of rotatable bonds is 7. The van der Waals surface area contributed by atoms with Gasteiger partial charge in [0, 0.05) is 25.5 Å². The average Bonchev–Trinajstić information content (AvgIpc) is 3.12. The second-order valence-electron chi connectivity index (χ2n) is 5.71. The number of aryl methyl sites for hydroxylation is 1. The van der Waals surface area contributed by atoms with E-state index in [4.69, 9.17) is 4.74 Å². The molecule has 0 spiro atoms. The molecule has 0 saturated heterocycles. The van der Waals surface area contributed by atoms with Crippen LogP contribution in [-0.4, -0.2) is 28.1 Å². The Morgan fingerprint density at radius 1 is 1.25 bits per heavy atom. The molecule has 0 aliphatic heterocycles. The Bertz CT molecular complexity index is 799. The second-order valence-corrected chi connectivity index (χ2v) is 5.71. The van der Waals surface area contributed by atoms with Gasteiger partial charge in [-0.25, -0.2) is 4.98 Å². The number of carbonyl (C=O) groups excluding carboxylic acids is 1. The van der Waals surface area contributed by atoms with E-state index in [2.05, 4.69) is 16.4 Å². The van der Waals surface area contributed by atoms with Crippen molar-refractivity contribution in [2.45, 2.75) is 26.0 Å². The number of carbonyl (C=O) groups is 1. The summed E-state index contributed by atoms with van der Waals surface area (Å²) in [5.74, 6) is 0.601. The summed E-state index contributed by atoms with van der Waals surface area (Å²) in [6.45, 7) is 3.21. The molecule has 1 heterocycles. The quantitative estimate of drug-likeness (QED) is 0.680. The van der Waals surface area contributed by atoms with Gasteiger partial charge < -0.3 is 14.6 Å². The summed E-state index contributed by atoms with van der Waals surface area (Å²) in [7, 11) is 0. The molecule has 124 valence electrons. The molecule has 1 atom stereocenters. The molecule has 0 fully saturated rings. The van der Waals surface area contributed by atoms with Gasteiger partial charge in [-0.3, -0.25) is 4.79 Å². The molecule has 0 aliphatic carbocycles. The zero-order chi connectivity index (χ0) is 16.8. The Morgan fingerprint density at radius 2 is 2.08 bits per heavy atom. The van der Waals surface area contributed by atoms with E-state index in [0.29, 0.717) is 12.3 Å². The topological polar surface area (TPSA) is 56.1 Å². The van der Waals surface area contributed by atoms with Crippen LogP contribution in [0.25, 0.3) is 10.8 Å². The molecule has 0 bridgehead atoms. The van der Waals surface area contributed by atoms with E-state index in [0.717, 1.165) is 23.7 Å². The van der Waals surface area contributed by atoms with Crippen molar-refractivity contribution in [2.75, 3.05) is 6.54 Å². The molecule has 1 N–H and O–H groups in total. The van der Waals surface area contributed by atoms with Gasteiger partial charge in [0.1, 0.15) is 5.75 Å². The number of ether oxygens (including phenoxy) is 1. The summed E-state index contributed by atoms with van der Waals surface area (Å²) in [6, 6.07) is 13.9. The lowest BCUT2D eigenvalue weighted by atomic mass is 10.1. The Morgan fingerprint density at radius 3 is 2.88 bits per heavy atom. The molecule has 3 rings (SSSR count). The molecule has 1 aromatic heterocycles. The number of aromatic nitrogens is 2. The van der Waals surface area contributed by atoms with Crippen molar-refractivity contribution in [2.24, 2.45) is 0 Å². The van der Waals surface area contributed by atoms with Gasteiger partial charge in [-0.1, -0.05) is 30.3 Å². The molecule has 0 aliphatic rings. The molecule has 0 unspecified atom stereocenters. The van der Waals surface area contributed by atoms with Crippen LogP contribution in [-0.2, 0) is 11.3 Å². The monoisotopic (exact) mass is 323 g/mol. The molecule has 0 radical (unpaired) electrons. The van der Waals surface area contributed by atoms with Gasteiger partial charge >= 0.3 is 0 Å². The van der Waals surface area contributed by atoms with Crippen LogP contribution in [0, 0.1) is 0 Å². The van der Waals surface area contributed by atoms with Gasteiger partial charge in [0.25, 0.3) is 5.91 Å². The minimum Gasteiger partial charge on any atom is -0.481 e. The highest BCUT2D eigenvalue weighted by Gasteiger charge is 2.14. The van der Waals surface area contributed by atoms with Gasteiger partial charge in [0.15, 0.2) is 6.10 Å². The van der Waals surface area contributed by atoms with Crippen LogP contribution in [0.3, 0.4) is 0 Å². The lowest BCUT2D eigenvalue weighted by Crippen LogP contribution is -2.37. The maximum atomic E-state index is 12.1. The predicted molar refractivity (Wildman–Crippen MR) is 93.9 cm³/mol. The fourth-order valence-electron chi connectivity index (χ4n) is 2.53. The first-order chi connectivity index (χ1) is 11.7.